The van der Waals surface area contributed by atoms with E-state index in [1.807, 2.05) is 0 Å². The van der Waals surface area contributed by atoms with Crippen LogP contribution in [0.25, 0.3) is 0 Å². The SMILES string of the molecule is CCOC(=O)Cc1cc(Br)c(C(F)F)c(=O)[nH]1. The summed E-state index contributed by atoms with van der Waals surface area (Å²) in [5, 5.41) is 0. The third-order valence-electron chi connectivity index (χ3n) is 1.94. The Bertz CT molecular complexity index is 473. The normalized spacial score (nSPS) is 10.6. The number of aromatic nitrogens is 1. The molecule has 4 nitrogen and oxygen atoms in total. The fourth-order valence-corrected chi connectivity index (χ4v) is 1.88. The number of esters is 1. The van der Waals surface area contributed by atoms with Gasteiger partial charge in [0, 0.05) is 10.2 Å². The van der Waals surface area contributed by atoms with E-state index >= 15 is 0 Å². The highest BCUT2D eigenvalue weighted by Crippen LogP contribution is 2.24. The Balaban J connectivity index is 2.99. The first-order chi connectivity index (χ1) is 7.95. The number of pyridine rings is 1. The number of halogens is 3. The summed E-state index contributed by atoms with van der Waals surface area (Å²) in [5.74, 6) is -0.528. The van der Waals surface area contributed by atoms with Gasteiger partial charge in [-0.15, -0.1) is 0 Å². The van der Waals surface area contributed by atoms with Crippen molar-refractivity contribution in [2.24, 2.45) is 0 Å². The molecular formula is C10H10BrF2NO3. The van der Waals surface area contributed by atoms with Gasteiger partial charge in [0.25, 0.3) is 12.0 Å². The molecule has 1 N–H and O–H groups in total. The molecule has 0 spiro atoms. The minimum Gasteiger partial charge on any atom is -0.466 e. The number of nitrogens with one attached hydrogen (secondary N) is 1. The summed E-state index contributed by atoms with van der Waals surface area (Å²) < 4.78 is 29.6. The second-order valence-electron chi connectivity index (χ2n) is 3.17. The number of ether oxygens (including phenoxy) is 1. The van der Waals surface area contributed by atoms with E-state index in [9.17, 15) is 18.4 Å². The molecule has 0 radical (unpaired) electrons. The Hall–Kier alpha value is -1.24. The third-order valence-corrected chi connectivity index (χ3v) is 2.59. The minimum absolute atomic E-state index is 0.0180. The lowest BCUT2D eigenvalue weighted by Gasteiger charge is -2.06. The van der Waals surface area contributed by atoms with Gasteiger partial charge in [0.05, 0.1) is 18.6 Å². The van der Waals surface area contributed by atoms with Crippen LogP contribution in [-0.4, -0.2) is 17.6 Å². The van der Waals surface area contributed by atoms with Gasteiger partial charge in [-0.05, 0) is 13.0 Å². The molecule has 1 heterocycles. The zero-order chi connectivity index (χ0) is 13.0. The maximum atomic E-state index is 12.5. The highest BCUT2D eigenvalue weighted by Gasteiger charge is 2.18. The van der Waals surface area contributed by atoms with E-state index in [0.29, 0.717) is 0 Å². The van der Waals surface area contributed by atoms with Gasteiger partial charge in [0.2, 0.25) is 0 Å². The molecule has 0 unspecified atom stereocenters. The van der Waals surface area contributed by atoms with Crippen LogP contribution in [0.3, 0.4) is 0 Å². The number of alkyl halides is 2. The molecule has 0 saturated carbocycles. The number of carbonyl (C=O) groups is 1. The lowest BCUT2D eigenvalue weighted by Crippen LogP contribution is -2.18. The van der Waals surface area contributed by atoms with Crippen LogP contribution in [0.5, 0.6) is 0 Å². The zero-order valence-electron chi connectivity index (χ0n) is 8.93. The molecule has 0 atom stereocenters. The van der Waals surface area contributed by atoms with Gasteiger partial charge in [-0.1, -0.05) is 15.9 Å². The second kappa shape index (κ2) is 5.90. The van der Waals surface area contributed by atoms with E-state index in [1.165, 1.54) is 6.07 Å². The molecule has 1 aromatic rings. The van der Waals surface area contributed by atoms with Crippen molar-refractivity contribution < 1.29 is 18.3 Å². The molecular weight excluding hydrogens is 300 g/mol. The van der Waals surface area contributed by atoms with E-state index in [4.69, 9.17) is 0 Å². The van der Waals surface area contributed by atoms with Gasteiger partial charge in [-0.25, -0.2) is 8.78 Å². The van der Waals surface area contributed by atoms with E-state index < -0.39 is 23.5 Å². The molecule has 0 aliphatic heterocycles. The van der Waals surface area contributed by atoms with Crippen LogP contribution in [0.15, 0.2) is 15.3 Å². The summed E-state index contributed by atoms with van der Waals surface area (Å²) in [6, 6.07) is 1.28. The van der Waals surface area contributed by atoms with Gasteiger partial charge < -0.3 is 9.72 Å². The Morgan fingerprint density at radius 2 is 2.24 bits per heavy atom. The fraction of sp³-hybridized carbons (Fsp3) is 0.400. The molecule has 1 rings (SSSR count). The topological polar surface area (TPSA) is 59.2 Å². The lowest BCUT2D eigenvalue weighted by atomic mass is 10.2. The van der Waals surface area contributed by atoms with Gasteiger partial charge in [-0.3, -0.25) is 9.59 Å². The third kappa shape index (κ3) is 3.62. The summed E-state index contributed by atoms with van der Waals surface area (Å²) >= 11 is 2.88. The van der Waals surface area contributed by atoms with Crippen molar-refractivity contribution in [1.82, 2.24) is 4.98 Å². The van der Waals surface area contributed by atoms with Crippen LogP contribution in [-0.2, 0) is 16.0 Å². The van der Waals surface area contributed by atoms with Crippen LogP contribution >= 0.6 is 15.9 Å². The molecule has 0 aliphatic rings. The van der Waals surface area contributed by atoms with Crippen molar-refractivity contribution in [3.05, 3.63) is 32.2 Å². The van der Waals surface area contributed by atoms with Gasteiger partial charge in [0.15, 0.2) is 0 Å². The van der Waals surface area contributed by atoms with Crippen LogP contribution < -0.4 is 5.56 Å². The summed E-state index contributed by atoms with van der Waals surface area (Å²) in [6.45, 7) is 1.87. The van der Waals surface area contributed by atoms with Crippen LogP contribution in [0.2, 0.25) is 0 Å². The van der Waals surface area contributed by atoms with Crippen molar-refractivity contribution in [2.45, 2.75) is 19.8 Å². The molecule has 0 bridgehead atoms. The van der Waals surface area contributed by atoms with E-state index in [0.717, 1.165) is 0 Å². The smallest absolute Gasteiger partial charge is 0.311 e. The summed E-state index contributed by atoms with van der Waals surface area (Å²) in [6.07, 6.45) is -3.03. The second-order valence-corrected chi connectivity index (χ2v) is 4.02. The summed E-state index contributed by atoms with van der Waals surface area (Å²) in [4.78, 5) is 24.7. The molecule has 0 aliphatic carbocycles. The monoisotopic (exact) mass is 309 g/mol. The van der Waals surface area contributed by atoms with Crippen molar-refractivity contribution >= 4 is 21.9 Å². The van der Waals surface area contributed by atoms with Crippen molar-refractivity contribution in [1.29, 1.82) is 0 Å². The number of rotatable bonds is 4. The quantitative estimate of drug-likeness (QED) is 0.867. The standard InChI is InChI=1S/C10H10BrF2NO3/c1-2-17-7(15)4-5-3-6(11)8(9(12)13)10(16)14-5/h3,9H,2,4H2,1H3,(H,14,16). The molecule has 0 amide bonds. The molecule has 7 heteroatoms. The van der Waals surface area contributed by atoms with Crippen LogP contribution in [0.4, 0.5) is 8.78 Å². The fourth-order valence-electron chi connectivity index (χ4n) is 1.25. The molecule has 94 valence electrons. The maximum absolute atomic E-state index is 12.5. The number of hydrogen-bond donors (Lipinski definition) is 1. The van der Waals surface area contributed by atoms with Crippen molar-refractivity contribution in [3.8, 4) is 0 Å². The molecule has 0 aromatic carbocycles. The number of carbonyl (C=O) groups excluding carboxylic acids is 1. The van der Waals surface area contributed by atoms with Crippen LogP contribution in [0, 0.1) is 0 Å². The van der Waals surface area contributed by atoms with Gasteiger partial charge >= 0.3 is 5.97 Å². The van der Waals surface area contributed by atoms with Gasteiger partial charge in [-0.2, -0.15) is 0 Å². The number of aromatic amines is 1. The van der Waals surface area contributed by atoms with Crippen molar-refractivity contribution in [2.75, 3.05) is 6.61 Å². The average molecular weight is 310 g/mol. The predicted molar refractivity (Wildman–Crippen MR) is 60.1 cm³/mol. The first-order valence-electron chi connectivity index (χ1n) is 4.81. The highest BCUT2D eigenvalue weighted by atomic mass is 79.9. The van der Waals surface area contributed by atoms with Crippen molar-refractivity contribution in [3.63, 3.8) is 0 Å². The predicted octanol–water partition coefficient (Wildman–Crippen LogP) is 2.18. The summed E-state index contributed by atoms with van der Waals surface area (Å²) in [5.41, 5.74) is -1.32. The first-order valence-corrected chi connectivity index (χ1v) is 5.60. The molecule has 0 fully saturated rings. The van der Waals surface area contributed by atoms with E-state index in [-0.39, 0.29) is 23.2 Å². The number of H-pyrrole nitrogens is 1. The molecule has 0 saturated heterocycles. The van der Waals surface area contributed by atoms with Crippen LogP contribution in [0.1, 0.15) is 24.6 Å². The minimum atomic E-state index is -2.87. The Labute approximate surface area is 104 Å². The number of hydrogen-bond acceptors (Lipinski definition) is 3. The zero-order valence-corrected chi connectivity index (χ0v) is 10.5. The molecule has 1 aromatic heterocycles. The Kier molecular flexibility index (Phi) is 4.80. The summed E-state index contributed by atoms with van der Waals surface area (Å²) in [7, 11) is 0. The van der Waals surface area contributed by atoms with E-state index in [2.05, 4.69) is 25.7 Å². The lowest BCUT2D eigenvalue weighted by molar-refractivity contribution is -0.142. The Morgan fingerprint density at radius 1 is 1.59 bits per heavy atom. The first kappa shape index (κ1) is 13.8. The van der Waals surface area contributed by atoms with E-state index in [1.54, 1.807) is 6.92 Å². The largest absolute Gasteiger partial charge is 0.466 e. The average Bonchev–Trinajstić information content (AvgIpc) is 2.15. The Morgan fingerprint density at radius 3 is 2.71 bits per heavy atom. The molecule has 17 heavy (non-hydrogen) atoms. The van der Waals surface area contributed by atoms with Gasteiger partial charge in [0.1, 0.15) is 0 Å². The maximum Gasteiger partial charge on any atom is 0.311 e. The highest BCUT2D eigenvalue weighted by molar-refractivity contribution is 9.10.